The van der Waals surface area contributed by atoms with Crippen molar-refractivity contribution in [2.24, 2.45) is 5.73 Å². The number of fused-ring (bicyclic) bond motifs is 1. The molecule has 0 amide bonds. The molecule has 1 aromatic heterocycles. The van der Waals surface area contributed by atoms with Gasteiger partial charge in [0, 0.05) is 19.3 Å². The van der Waals surface area contributed by atoms with Crippen molar-refractivity contribution in [1.29, 1.82) is 0 Å². The van der Waals surface area contributed by atoms with Crippen LogP contribution in [0.1, 0.15) is 6.42 Å². The Balaban J connectivity index is 2.09. The number of nitrogens with two attached hydrogens (primary N) is 1. The number of aliphatic hydroxyl groups excluding tert-OH is 1. The maximum atomic E-state index is 9.71. The molecule has 0 bridgehead atoms. The topological polar surface area (TPSA) is 78.2 Å². The second-order valence-corrected chi connectivity index (χ2v) is 4.22. The Morgan fingerprint density at radius 3 is 3.12 bits per heavy atom. The summed E-state index contributed by atoms with van der Waals surface area (Å²) in [5.41, 5.74) is 8.42. The summed E-state index contributed by atoms with van der Waals surface area (Å²) in [7, 11) is 1.96. The molecule has 0 radical (unpaired) electrons. The summed E-state index contributed by atoms with van der Waals surface area (Å²) in [4.78, 5) is 9.26. The normalized spacial score (nSPS) is 12.9. The van der Waals surface area contributed by atoms with Crippen molar-refractivity contribution in [2.45, 2.75) is 12.5 Å². The van der Waals surface area contributed by atoms with E-state index >= 15 is 0 Å². The van der Waals surface area contributed by atoms with Crippen molar-refractivity contribution >= 4 is 16.7 Å². The fourth-order valence-electron chi connectivity index (χ4n) is 1.87. The first kappa shape index (κ1) is 11.9. The van der Waals surface area contributed by atoms with Crippen LogP contribution < -0.4 is 10.6 Å². The lowest BCUT2D eigenvalue weighted by Gasteiger charge is -2.22. The number of aromatic nitrogens is 2. The summed E-state index contributed by atoms with van der Waals surface area (Å²) in [6, 6.07) is 5.99. The lowest BCUT2D eigenvalue weighted by atomic mass is 10.2. The van der Waals surface area contributed by atoms with Gasteiger partial charge in [0.1, 0.15) is 0 Å². The van der Waals surface area contributed by atoms with E-state index in [9.17, 15) is 5.11 Å². The van der Waals surface area contributed by atoms with E-state index in [1.54, 1.807) is 6.33 Å². The molecule has 0 aliphatic heterocycles. The van der Waals surface area contributed by atoms with Crippen LogP contribution in [0.4, 0.5) is 5.69 Å². The van der Waals surface area contributed by atoms with Crippen LogP contribution in [0.5, 0.6) is 0 Å². The molecule has 17 heavy (non-hydrogen) atoms. The van der Waals surface area contributed by atoms with E-state index in [1.807, 2.05) is 30.1 Å². The number of nitrogens with one attached hydrogen (secondary N) is 1. The Kier molecular flexibility index (Phi) is 3.61. The van der Waals surface area contributed by atoms with Gasteiger partial charge >= 0.3 is 0 Å². The van der Waals surface area contributed by atoms with Gasteiger partial charge in [-0.2, -0.15) is 0 Å². The summed E-state index contributed by atoms with van der Waals surface area (Å²) in [5, 5.41) is 9.71. The van der Waals surface area contributed by atoms with Crippen LogP contribution in [0.15, 0.2) is 24.5 Å². The first-order valence-electron chi connectivity index (χ1n) is 5.73. The molecule has 0 saturated carbocycles. The minimum atomic E-state index is -0.387. The third-order valence-corrected chi connectivity index (χ3v) is 2.83. The molecule has 1 aromatic carbocycles. The van der Waals surface area contributed by atoms with Crippen LogP contribution in [0.2, 0.25) is 0 Å². The molecule has 2 rings (SSSR count). The largest absolute Gasteiger partial charge is 0.391 e. The maximum absolute atomic E-state index is 9.71. The number of hydrogen-bond acceptors (Lipinski definition) is 4. The summed E-state index contributed by atoms with van der Waals surface area (Å²) in [6.07, 6.45) is 1.91. The van der Waals surface area contributed by atoms with Crippen LogP contribution >= 0.6 is 0 Å². The summed E-state index contributed by atoms with van der Waals surface area (Å²) in [5.74, 6) is 0. The van der Waals surface area contributed by atoms with E-state index < -0.39 is 0 Å². The number of hydrogen-bond donors (Lipinski definition) is 3. The van der Waals surface area contributed by atoms with Crippen molar-refractivity contribution in [1.82, 2.24) is 9.97 Å². The molecule has 5 heteroatoms. The van der Waals surface area contributed by atoms with Gasteiger partial charge in [0.25, 0.3) is 0 Å². The van der Waals surface area contributed by atoms with E-state index in [0.717, 1.165) is 16.7 Å². The molecule has 0 aliphatic rings. The zero-order valence-electron chi connectivity index (χ0n) is 9.93. The third-order valence-electron chi connectivity index (χ3n) is 2.83. The zero-order valence-corrected chi connectivity index (χ0v) is 9.93. The lowest BCUT2D eigenvalue weighted by molar-refractivity contribution is 0.174. The molecule has 0 fully saturated rings. The molecule has 1 unspecified atom stereocenters. The maximum Gasteiger partial charge on any atom is 0.0931 e. The Bertz CT molecular complexity index is 482. The number of H-pyrrole nitrogens is 1. The summed E-state index contributed by atoms with van der Waals surface area (Å²) >= 11 is 0. The highest BCUT2D eigenvalue weighted by Gasteiger charge is 2.09. The number of rotatable bonds is 5. The van der Waals surface area contributed by atoms with E-state index in [1.165, 1.54) is 0 Å². The van der Waals surface area contributed by atoms with Gasteiger partial charge in [-0.1, -0.05) is 0 Å². The number of nitrogens with zero attached hydrogens (tertiary/aromatic N) is 2. The molecule has 92 valence electrons. The van der Waals surface area contributed by atoms with Crippen LogP contribution in [-0.4, -0.2) is 41.3 Å². The van der Waals surface area contributed by atoms with Gasteiger partial charge in [-0.05, 0) is 31.2 Å². The van der Waals surface area contributed by atoms with Crippen molar-refractivity contribution < 1.29 is 5.11 Å². The van der Waals surface area contributed by atoms with Crippen molar-refractivity contribution in [3.63, 3.8) is 0 Å². The van der Waals surface area contributed by atoms with Crippen molar-refractivity contribution in [2.75, 3.05) is 25.0 Å². The van der Waals surface area contributed by atoms with Crippen LogP contribution in [-0.2, 0) is 0 Å². The molecular formula is C12H18N4O. The molecule has 1 heterocycles. The van der Waals surface area contributed by atoms with Gasteiger partial charge in [-0.25, -0.2) is 4.98 Å². The highest BCUT2D eigenvalue weighted by molar-refractivity contribution is 5.78. The predicted octanol–water partition coefficient (Wildman–Crippen LogP) is 0.709. The summed E-state index contributed by atoms with van der Waals surface area (Å²) in [6.45, 7) is 1.09. The summed E-state index contributed by atoms with van der Waals surface area (Å²) < 4.78 is 0. The van der Waals surface area contributed by atoms with Crippen molar-refractivity contribution in [3.8, 4) is 0 Å². The lowest BCUT2D eigenvalue weighted by Crippen LogP contribution is -2.30. The first-order chi connectivity index (χ1) is 8.20. The van der Waals surface area contributed by atoms with Gasteiger partial charge in [0.05, 0.1) is 23.5 Å². The van der Waals surface area contributed by atoms with Crippen molar-refractivity contribution in [3.05, 3.63) is 24.5 Å². The number of imidazole rings is 1. The van der Waals surface area contributed by atoms with Crippen LogP contribution in [0.3, 0.4) is 0 Å². The molecule has 0 spiro atoms. The number of likely N-dealkylation sites (N-methyl/N-ethyl adjacent to an activating group) is 1. The highest BCUT2D eigenvalue weighted by atomic mass is 16.3. The minimum absolute atomic E-state index is 0.387. The standard InChI is InChI=1S/C12H18N4O/c1-16(7-10(17)4-5-13)9-2-3-11-12(6-9)15-8-14-11/h2-3,6,8,10,17H,4-5,7,13H2,1H3,(H,14,15). The zero-order chi connectivity index (χ0) is 12.3. The monoisotopic (exact) mass is 234 g/mol. The van der Waals surface area contributed by atoms with E-state index in [0.29, 0.717) is 19.5 Å². The molecule has 0 aliphatic carbocycles. The fraction of sp³-hybridized carbons (Fsp3) is 0.417. The first-order valence-corrected chi connectivity index (χ1v) is 5.73. The Morgan fingerprint density at radius 1 is 1.53 bits per heavy atom. The van der Waals surface area contributed by atoms with E-state index in [2.05, 4.69) is 9.97 Å². The number of anilines is 1. The second-order valence-electron chi connectivity index (χ2n) is 4.22. The molecule has 4 N–H and O–H groups in total. The molecular weight excluding hydrogens is 216 g/mol. The average molecular weight is 234 g/mol. The molecule has 1 atom stereocenters. The molecule has 5 nitrogen and oxygen atoms in total. The van der Waals surface area contributed by atoms with Gasteiger partial charge in [-0.3, -0.25) is 0 Å². The van der Waals surface area contributed by atoms with E-state index in [4.69, 9.17) is 5.73 Å². The van der Waals surface area contributed by atoms with E-state index in [-0.39, 0.29) is 6.10 Å². The Hall–Kier alpha value is -1.59. The third kappa shape index (κ3) is 2.75. The number of aromatic amines is 1. The quantitative estimate of drug-likeness (QED) is 0.712. The molecule has 2 aromatic rings. The van der Waals surface area contributed by atoms with Gasteiger partial charge < -0.3 is 20.7 Å². The van der Waals surface area contributed by atoms with Gasteiger partial charge in [0.15, 0.2) is 0 Å². The predicted molar refractivity (Wildman–Crippen MR) is 69.0 cm³/mol. The Morgan fingerprint density at radius 2 is 2.35 bits per heavy atom. The highest BCUT2D eigenvalue weighted by Crippen LogP contribution is 2.18. The van der Waals surface area contributed by atoms with Gasteiger partial charge in [-0.15, -0.1) is 0 Å². The smallest absolute Gasteiger partial charge is 0.0931 e. The number of benzene rings is 1. The number of aliphatic hydroxyl groups is 1. The second kappa shape index (κ2) is 5.16. The average Bonchev–Trinajstić information content (AvgIpc) is 2.75. The Labute approximate surface area is 100 Å². The SMILES string of the molecule is CN(CC(O)CCN)c1ccc2nc[nH]c2c1. The molecule has 0 saturated heterocycles. The van der Waals surface area contributed by atoms with Crippen LogP contribution in [0.25, 0.3) is 11.0 Å². The van der Waals surface area contributed by atoms with Gasteiger partial charge in [0.2, 0.25) is 0 Å². The van der Waals surface area contributed by atoms with Crippen LogP contribution in [0, 0.1) is 0 Å². The fourth-order valence-corrected chi connectivity index (χ4v) is 1.87. The minimum Gasteiger partial charge on any atom is -0.391 e.